The van der Waals surface area contributed by atoms with Gasteiger partial charge in [-0.05, 0) is 36.8 Å². The van der Waals surface area contributed by atoms with Crippen LogP contribution in [0, 0.1) is 5.92 Å². The number of para-hydroxylation sites is 1. The first-order valence-electron chi connectivity index (χ1n) is 7.74. The molecule has 2 fully saturated rings. The van der Waals surface area contributed by atoms with Gasteiger partial charge in [0.15, 0.2) is 0 Å². The van der Waals surface area contributed by atoms with E-state index in [9.17, 15) is 18.0 Å². The highest BCUT2D eigenvalue weighted by Crippen LogP contribution is 2.51. The van der Waals surface area contributed by atoms with Crippen LogP contribution in [0.15, 0.2) is 24.3 Å². The van der Waals surface area contributed by atoms with E-state index < -0.39 is 6.36 Å². The zero-order valence-electron chi connectivity index (χ0n) is 12.6. The highest BCUT2D eigenvalue weighted by molar-refractivity contribution is 5.83. The lowest BCUT2D eigenvalue weighted by molar-refractivity contribution is -0.274. The molecule has 4 nitrogen and oxygen atoms in total. The van der Waals surface area contributed by atoms with Gasteiger partial charge in [-0.25, -0.2) is 0 Å². The van der Waals surface area contributed by atoms with E-state index in [4.69, 9.17) is 5.73 Å². The van der Waals surface area contributed by atoms with Gasteiger partial charge in [0.05, 0.1) is 0 Å². The Labute approximate surface area is 132 Å². The molecule has 2 aliphatic rings. The summed E-state index contributed by atoms with van der Waals surface area (Å²) in [7, 11) is 0. The smallest absolute Gasteiger partial charge is 0.405 e. The third-order valence-corrected chi connectivity index (χ3v) is 4.50. The summed E-state index contributed by atoms with van der Waals surface area (Å²) < 4.78 is 41.5. The number of likely N-dealkylation sites (tertiary alicyclic amines) is 1. The van der Waals surface area contributed by atoms with Gasteiger partial charge in [-0.2, -0.15) is 0 Å². The van der Waals surface area contributed by atoms with E-state index in [1.165, 1.54) is 12.1 Å². The molecule has 1 saturated heterocycles. The number of hydrogen-bond donors (Lipinski definition) is 1. The van der Waals surface area contributed by atoms with Gasteiger partial charge < -0.3 is 15.4 Å². The number of carbonyl (C=O) groups excluding carboxylic acids is 1. The van der Waals surface area contributed by atoms with Gasteiger partial charge >= 0.3 is 6.36 Å². The van der Waals surface area contributed by atoms with Crippen molar-refractivity contribution in [3.63, 3.8) is 0 Å². The maximum atomic E-state index is 12.5. The van der Waals surface area contributed by atoms with Gasteiger partial charge in [-0.3, -0.25) is 4.79 Å². The number of halogens is 3. The summed E-state index contributed by atoms with van der Waals surface area (Å²) in [5.41, 5.74) is 6.28. The number of amides is 1. The van der Waals surface area contributed by atoms with Crippen LogP contribution in [-0.2, 0) is 4.79 Å². The Morgan fingerprint density at radius 2 is 1.87 bits per heavy atom. The van der Waals surface area contributed by atoms with Crippen molar-refractivity contribution in [3.8, 4) is 5.75 Å². The standard InChI is InChI=1S/C16H19F3N2O2/c17-16(18,19)23-14-4-2-1-3-11(14)12-9-13(12)15(22)21-7-5-10(20)6-8-21/h1-4,10,12-13H,5-9,20H2/t12-,13+/m0/s1. The Hall–Kier alpha value is -1.76. The molecule has 1 aliphatic carbocycles. The average Bonchev–Trinajstić information content (AvgIpc) is 3.26. The Balaban J connectivity index is 1.67. The zero-order valence-corrected chi connectivity index (χ0v) is 12.6. The lowest BCUT2D eigenvalue weighted by Gasteiger charge is -2.30. The lowest BCUT2D eigenvalue weighted by atomic mass is 10.0. The van der Waals surface area contributed by atoms with Crippen molar-refractivity contribution < 1.29 is 22.7 Å². The van der Waals surface area contributed by atoms with Crippen molar-refractivity contribution in [2.75, 3.05) is 13.1 Å². The first-order chi connectivity index (χ1) is 10.8. The molecule has 0 radical (unpaired) electrons. The van der Waals surface area contributed by atoms with Gasteiger partial charge in [-0.1, -0.05) is 18.2 Å². The predicted molar refractivity (Wildman–Crippen MR) is 77.8 cm³/mol. The molecule has 0 spiro atoms. The van der Waals surface area contributed by atoms with E-state index in [2.05, 4.69) is 4.74 Å². The van der Waals surface area contributed by atoms with Crippen LogP contribution in [-0.4, -0.2) is 36.3 Å². The quantitative estimate of drug-likeness (QED) is 0.928. The maximum absolute atomic E-state index is 12.5. The average molecular weight is 328 g/mol. The topological polar surface area (TPSA) is 55.6 Å². The number of nitrogens with two attached hydrogens (primary N) is 1. The van der Waals surface area contributed by atoms with Crippen molar-refractivity contribution in [2.45, 2.75) is 37.6 Å². The van der Waals surface area contributed by atoms with Crippen LogP contribution >= 0.6 is 0 Å². The van der Waals surface area contributed by atoms with Crippen molar-refractivity contribution in [1.82, 2.24) is 4.90 Å². The molecule has 126 valence electrons. The predicted octanol–water partition coefficient (Wildman–Crippen LogP) is 2.64. The van der Waals surface area contributed by atoms with Gasteiger partial charge in [0.1, 0.15) is 5.75 Å². The van der Waals surface area contributed by atoms with E-state index >= 15 is 0 Å². The molecule has 1 heterocycles. The first-order valence-corrected chi connectivity index (χ1v) is 7.74. The minimum atomic E-state index is -4.73. The molecular weight excluding hydrogens is 309 g/mol. The third kappa shape index (κ3) is 3.77. The fraction of sp³-hybridized carbons (Fsp3) is 0.562. The fourth-order valence-electron chi connectivity index (χ4n) is 3.17. The summed E-state index contributed by atoms with van der Waals surface area (Å²) in [5.74, 6) is -0.636. The highest BCUT2D eigenvalue weighted by atomic mass is 19.4. The summed E-state index contributed by atoms with van der Waals surface area (Å²) in [4.78, 5) is 14.2. The first kappa shape index (κ1) is 16.1. The largest absolute Gasteiger partial charge is 0.573 e. The van der Waals surface area contributed by atoms with E-state index in [-0.39, 0.29) is 29.5 Å². The number of alkyl halides is 3. The van der Waals surface area contributed by atoms with Crippen LogP contribution in [0.25, 0.3) is 0 Å². The van der Waals surface area contributed by atoms with Crippen LogP contribution in [0.2, 0.25) is 0 Å². The molecule has 0 aromatic heterocycles. The number of benzene rings is 1. The lowest BCUT2D eigenvalue weighted by Crippen LogP contribution is -2.43. The van der Waals surface area contributed by atoms with Gasteiger partial charge in [0.25, 0.3) is 0 Å². The minimum absolute atomic E-state index is 0.0173. The number of ether oxygens (including phenoxy) is 1. The van der Waals surface area contributed by atoms with Crippen molar-refractivity contribution >= 4 is 5.91 Å². The number of piperidine rings is 1. The van der Waals surface area contributed by atoms with Crippen LogP contribution < -0.4 is 10.5 Å². The molecule has 1 aromatic rings. The van der Waals surface area contributed by atoms with Crippen molar-refractivity contribution in [3.05, 3.63) is 29.8 Å². The van der Waals surface area contributed by atoms with E-state index in [0.717, 1.165) is 12.8 Å². The Kier molecular flexibility index (Phi) is 4.23. The SMILES string of the molecule is NC1CCN(C(=O)[C@@H]2C[C@H]2c2ccccc2OC(F)(F)F)CC1. The Morgan fingerprint density at radius 1 is 1.22 bits per heavy atom. The van der Waals surface area contributed by atoms with E-state index in [1.807, 2.05) is 0 Å². The van der Waals surface area contributed by atoms with Crippen molar-refractivity contribution in [2.24, 2.45) is 11.7 Å². The zero-order chi connectivity index (χ0) is 16.6. The number of hydrogen-bond acceptors (Lipinski definition) is 3. The molecule has 0 unspecified atom stereocenters. The van der Waals surface area contributed by atoms with Gasteiger partial charge in [0, 0.05) is 25.0 Å². The molecule has 0 bridgehead atoms. The monoisotopic (exact) mass is 328 g/mol. The van der Waals surface area contributed by atoms with E-state index in [1.54, 1.807) is 17.0 Å². The number of carbonyl (C=O) groups is 1. The molecular formula is C16H19F3N2O2. The number of rotatable bonds is 3. The summed E-state index contributed by atoms with van der Waals surface area (Å²) in [6, 6.07) is 6.19. The normalized spacial score (nSPS) is 25.3. The van der Waals surface area contributed by atoms with Crippen LogP contribution in [0.3, 0.4) is 0 Å². The maximum Gasteiger partial charge on any atom is 0.573 e. The second-order valence-electron chi connectivity index (χ2n) is 6.20. The molecule has 1 amide bonds. The van der Waals surface area contributed by atoms with Gasteiger partial charge in [0.2, 0.25) is 5.91 Å². The molecule has 1 aromatic carbocycles. The third-order valence-electron chi connectivity index (χ3n) is 4.50. The molecule has 2 atom stereocenters. The summed E-state index contributed by atoms with van der Waals surface area (Å²) in [6.45, 7) is 1.26. The minimum Gasteiger partial charge on any atom is -0.405 e. The molecule has 2 N–H and O–H groups in total. The second-order valence-corrected chi connectivity index (χ2v) is 6.20. The van der Waals surface area contributed by atoms with Gasteiger partial charge in [-0.15, -0.1) is 13.2 Å². The molecule has 7 heteroatoms. The number of nitrogens with zero attached hydrogens (tertiary/aromatic N) is 1. The Bertz CT molecular complexity index is 583. The molecule has 3 rings (SSSR count). The van der Waals surface area contributed by atoms with Crippen LogP contribution in [0.1, 0.15) is 30.7 Å². The fourth-order valence-corrected chi connectivity index (χ4v) is 3.17. The highest BCUT2D eigenvalue weighted by Gasteiger charge is 2.48. The molecule has 1 aliphatic heterocycles. The summed E-state index contributed by atoms with van der Waals surface area (Å²) in [6.07, 6.45) is -2.61. The van der Waals surface area contributed by atoms with Crippen LogP contribution in [0.4, 0.5) is 13.2 Å². The summed E-state index contributed by atoms with van der Waals surface area (Å²) in [5, 5.41) is 0. The molecule has 23 heavy (non-hydrogen) atoms. The van der Waals surface area contributed by atoms with Crippen LogP contribution in [0.5, 0.6) is 5.75 Å². The summed E-state index contributed by atoms with van der Waals surface area (Å²) >= 11 is 0. The van der Waals surface area contributed by atoms with Crippen molar-refractivity contribution in [1.29, 1.82) is 0 Å². The Morgan fingerprint density at radius 3 is 2.52 bits per heavy atom. The van der Waals surface area contributed by atoms with E-state index in [0.29, 0.717) is 25.1 Å². The second kappa shape index (κ2) is 6.03. The molecule has 1 saturated carbocycles.